The van der Waals surface area contributed by atoms with Gasteiger partial charge in [-0.3, -0.25) is 9.69 Å². The molecule has 29 heavy (non-hydrogen) atoms. The molecule has 2 aromatic carbocycles. The lowest BCUT2D eigenvalue weighted by atomic mass is 9.96. The number of benzene rings is 2. The van der Waals surface area contributed by atoms with Crippen molar-refractivity contribution in [2.45, 2.75) is 47.0 Å². The summed E-state index contributed by atoms with van der Waals surface area (Å²) in [6.07, 6.45) is 0.173. The van der Waals surface area contributed by atoms with Crippen molar-refractivity contribution in [3.8, 4) is 11.5 Å². The molecule has 1 saturated heterocycles. The fourth-order valence-electron chi connectivity index (χ4n) is 3.58. The van der Waals surface area contributed by atoms with Gasteiger partial charge in [0.1, 0.15) is 18.1 Å². The smallest absolute Gasteiger partial charge is 0.225 e. The van der Waals surface area contributed by atoms with E-state index >= 15 is 0 Å². The maximum atomic E-state index is 11.7. The molecule has 1 heterocycles. The maximum Gasteiger partial charge on any atom is 0.225 e. The van der Waals surface area contributed by atoms with Crippen molar-refractivity contribution in [1.29, 1.82) is 0 Å². The zero-order valence-electron chi connectivity index (χ0n) is 18.1. The number of carbonyl (C=O) groups is 1. The van der Waals surface area contributed by atoms with Crippen LogP contribution in [0.15, 0.2) is 36.4 Å². The van der Waals surface area contributed by atoms with Crippen LogP contribution in [0.4, 0.5) is 0 Å². The molecule has 0 unspecified atom stereocenters. The summed E-state index contributed by atoms with van der Waals surface area (Å²) < 4.78 is 11.8. The van der Waals surface area contributed by atoms with Gasteiger partial charge in [-0.1, -0.05) is 18.2 Å². The Hall–Kier alpha value is -2.53. The molecule has 0 bridgehead atoms. The molecule has 156 valence electrons. The number of amides is 1. The van der Waals surface area contributed by atoms with Crippen molar-refractivity contribution in [1.82, 2.24) is 10.2 Å². The predicted octanol–water partition coefficient (Wildman–Crippen LogP) is 3.85. The van der Waals surface area contributed by atoms with Crippen molar-refractivity contribution in [2.75, 3.05) is 20.1 Å². The molecule has 3 rings (SSSR count). The maximum absolute atomic E-state index is 11.7. The molecule has 0 radical (unpaired) electrons. The summed E-state index contributed by atoms with van der Waals surface area (Å²) in [5.74, 6) is 2.06. The minimum absolute atomic E-state index is 0.126. The van der Waals surface area contributed by atoms with Gasteiger partial charge in [-0.15, -0.1) is 0 Å². The van der Waals surface area contributed by atoms with Gasteiger partial charge < -0.3 is 14.8 Å². The summed E-state index contributed by atoms with van der Waals surface area (Å²) in [6, 6.07) is 12.4. The van der Waals surface area contributed by atoms with E-state index in [0.717, 1.165) is 42.3 Å². The van der Waals surface area contributed by atoms with Gasteiger partial charge >= 0.3 is 0 Å². The van der Waals surface area contributed by atoms with Crippen LogP contribution < -0.4 is 14.8 Å². The van der Waals surface area contributed by atoms with Crippen LogP contribution in [0, 0.1) is 19.8 Å². The Bertz CT molecular complexity index is 840. The molecule has 0 spiro atoms. The van der Waals surface area contributed by atoms with E-state index in [4.69, 9.17) is 9.47 Å². The molecule has 5 nitrogen and oxygen atoms in total. The average molecular weight is 397 g/mol. The topological polar surface area (TPSA) is 50.8 Å². The fraction of sp³-hybridized carbons (Fsp3) is 0.458. The minimum Gasteiger partial charge on any atom is -0.491 e. The van der Waals surface area contributed by atoms with E-state index in [1.54, 1.807) is 7.05 Å². The summed E-state index contributed by atoms with van der Waals surface area (Å²) >= 11 is 0. The molecule has 1 N–H and O–H groups in total. The highest BCUT2D eigenvalue weighted by Crippen LogP contribution is 2.27. The molecular formula is C24H32N2O3. The van der Waals surface area contributed by atoms with E-state index in [-0.39, 0.29) is 17.9 Å². The van der Waals surface area contributed by atoms with Gasteiger partial charge in [-0.05, 0) is 68.1 Å². The number of aryl methyl sites for hydroxylation is 2. The van der Waals surface area contributed by atoms with Crippen LogP contribution in [0.5, 0.6) is 11.5 Å². The quantitative estimate of drug-likeness (QED) is 0.736. The Morgan fingerprint density at radius 3 is 2.45 bits per heavy atom. The van der Waals surface area contributed by atoms with Crippen LogP contribution in [0.3, 0.4) is 0 Å². The lowest BCUT2D eigenvalue weighted by molar-refractivity contribution is -0.129. The second kappa shape index (κ2) is 9.31. The van der Waals surface area contributed by atoms with Gasteiger partial charge in [0.05, 0.1) is 12.0 Å². The van der Waals surface area contributed by atoms with Crippen molar-refractivity contribution >= 4 is 5.91 Å². The monoisotopic (exact) mass is 396 g/mol. The lowest BCUT2D eigenvalue weighted by Gasteiger charge is -2.38. The number of likely N-dealkylation sites (tertiary alicyclic amines) is 1. The summed E-state index contributed by atoms with van der Waals surface area (Å²) in [5.41, 5.74) is 4.76. The van der Waals surface area contributed by atoms with Crippen molar-refractivity contribution < 1.29 is 14.3 Å². The van der Waals surface area contributed by atoms with Gasteiger partial charge in [-0.2, -0.15) is 0 Å². The zero-order chi connectivity index (χ0) is 21.0. The first-order valence-electron chi connectivity index (χ1n) is 10.3. The summed E-state index contributed by atoms with van der Waals surface area (Å²) in [5, 5.41) is 2.73. The Morgan fingerprint density at radius 1 is 1.14 bits per heavy atom. The van der Waals surface area contributed by atoms with Crippen LogP contribution in [0.1, 0.15) is 36.1 Å². The molecule has 0 aromatic heterocycles. The van der Waals surface area contributed by atoms with Crippen LogP contribution in [0.25, 0.3) is 0 Å². The molecular weight excluding hydrogens is 364 g/mol. The minimum atomic E-state index is 0.126. The van der Waals surface area contributed by atoms with Gasteiger partial charge in [0.15, 0.2) is 0 Å². The van der Waals surface area contributed by atoms with E-state index in [2.05, 4.69) is 36.2 Å². The number of ether oxygens (including phenoxy) is 2. The lowest BCUT2D eigenvalue weighted by Crippen LogP contribution is -2.52. The SMILES string of the molecule is CNC(=O)C1CN(Cc2cc(C)c(OCc3ccc(OC(C)C)cc3)cc2C)C1. The van der Waals surface area contributed by atoms with Gasteiger partial charge in [0.2, 0.25) is 5.91 Å². The molecule has 2 aromatic rings. The van der Waals surface area contributed by atoms with Crippen LogP contribution in [-0.4, -0.2) is 37.0 Å². The number of nitrogens with zero attached hydrogens (tertiary/aromatic N) is 1. The van der Waals surface area contributed by atoms with Crippen molar-refractivity contribution in [3.05, 3.63) is 58.7 Å². The predicted molar refractivity (Wildman–Crippen MR) is 115 cm³/mol. The third-order valence-corrected chi connectivity index (χ3v) is 5.29. The first-order valence-corrected chi connectivity index (χ1v) is 10.3. The Kier molecular flexibility index (Phi) is 6.80. The largest absolute Gasteiger partial charge is 0.491 e. The Balaban J connectivity index is 1.56. The molecule has 1 aliphatic rings. The third kappa shape index (κ3) is 5.51. The molecule has 0 aliphatic carbocycles. The average Bonchev–Trinajstić information content (AvgIpc) is 2.65. The van der Waals surface area contributed by atoms with E-state index in [0.29, 0.717) is 6.61 Å². The van der Waals surface area contributed by atoms with Crippen molar-refractivity contribution in [3.63, 3.8) is 0 Å². The number of hydrogen-bond donors (Lipinski definition) is 1. The number of hydrogen-bond acceptors (Lipinski definition) is 4. The molecule has 1 fully saturated rings. The molecule has 0 saturated carbocycles. The first-order chi connectivity index (χ1) is 13.9. The normalized spacial score (nSPS) is 14.6. The van der Waals surface area contributed by atoms with E-state index in [9.17, 15) is 4.79 Å². The van der Waals surface area contributed by atoms with Crippen LogP contribution in [-0.2, 0) is 17.9 Å². The van der Waals surface area contributed by atoms with Gasteiger partial charge in [0, 0.05) is 26.7 Å². The first kappa shape index (κ1) is 21.2. The molecule has 5 heteroatoms. The highest BCUT2D eigenvalue weighted by atomic mass is 16.5. The second-order valence-corrected chi connectivity index (χ2v) is 8.15. The highest BCUT2D eigenvalue weighted by molar-refractivity contribution is 5.79. The summed E-state index contributed by atoms with van der Waals surface area (Å²) in [7, 11) is 1.70. The number of rotatable bonds is 8. The number of carbonyl (C=O) groups excluding carboxylic acids is 1. The van der Waals surface area contributed by atoms with E-state index in [1.807, 2.05) is 38.1 Å². The third-order valence-electron chi connectivity index (χ3n) is 5.29. The summed E-state index contributed by atoms with van der Waals surface area (Å²) in [4.78, 5) is 14.0. The Morgan fingerprint density at radius 2 is 1.83 bits per heavy atom. The van der Waals surface area contributed by atoms with Gasteiger partial charge in [0.25, 0.3) is 0 Å². The standard InChI is InChI=1S/C24H32N2O3/c1-16(2)29-22-8-6-19(7-9-22)15-28-23-11-17(3)20(10-18(23)4)12-26-13-21(14-26)24(27)25-5/h6-11,16,21H,12-15H2,1-5H3,(H,25,27). The molecule has 1 aliphatic heterocycles. The van der Waals surface area contributed by atoms with E-state index in [1.165, 1.54) is 11.1 Å². The highest BCUT2D eigenvalue weighted by Gasteiger charge is 2.31. The zero-order valence-corrected chi connectivity index (χ0v) is 18.1. The molecule has 1 amide bonds. The fourth-order valence-corrected chi connectivity index (χ4v) is 3.58. The second-order valence-electron chi connectivity index (χ2n) is 8.15. The van der Waals surface area contributed by atoms with Crippen LogP contribution in [0.2, 0.25) is 0 Å². The molecule has 0 atom stereocenters. The van der Waals surface area contributed by atoms with Crippen LogP contribution >= 0.6 is 0 Å². The Labute approximate surface area is 174 Å². The van der Waals surface area contributed by atoms with E-state index < -0.39 is 0 Å². The van der Waals surface area contributed by atoms with Gasteiger partial charge in [-0.25, -0.2) is 0 Å². The number of nitrogens with one attached hydrogen (secondary N) is 1. The summed E-state index contributed by atoms with van der Waals surface area (Å²) in [6.45, 7) is 11.3. The van der Waals surface area contributed by atoms with Crippen molar-refractivity contribution in [2.24, 2.45) is 5.92 Å².